The zero-order chi connectivity index (χ0) is 16.4. The van der Waals surface area contributed by atoms with Gasteiger partial charge in [-0.2, -0.15) is 0 Å². The number of likely N-dealkylation sites (tertiary alicyclic amines) is 1. The first-order chi connectivity index (χ1) is 11.1. The second kappa shape index (κ2) is 6.67. The van der Waals surface area contributed by atoms with Gasteiger partial charge in [-0.3, -0.25) is 9.78 Å². The molecular weight excluding hydrogens is 286 g/mol. The van der Waals surface area contributed by atoms with Crippen molar-refractivity contribution >= 4 is 16.8 Å². The van der Waals surface area contributed by atoms with Gasteiger partial charge >= 0.3 is 0 Å². The molecule has 1 fully saturated rings. The number of pyridine rings is 1. The van der Waals surface area contributed by atoms with Crippen LogP contribution < -0.4 is 5.32 Å². The molecule has 0 bridgehead atoms. The minimum absolute atomic E-state index is 0.228. The average molecular weight is 311 g/mol. The van der Waals surface area contributed by atoms with Crippen LogP contribution in [0.1, 0.15) is 29.7 Å². The molecule has 122 valence electrons. The van der Waals surface area contributed by atoms with Gasteiger partial charge in [-0.15, -0.1) is 0 Å². The monoisotopic (exact) mass is 311 g/mol. The highest BCUT2D eigenvalue weighted by atomic mass is 16.2. The Morgan fingerprint density at radius 1 is 1.35 bits per heavy atom. The Labute approximate surface area is 137 Å². The fourth-order valence-corrected chi connectivity index (χ4v) is 3.70. The summed E-state index contributed by atoms with van der Waals surface area (Å²) in [5.74, 6) is 0.228. The first-order valence-corrected chi connectivity index (χ1v) is 8.40. The van der Waals surface area contributed by atoms with Gasteiger partial charge in [-0.05, 0) is 50.9 Å². The molecule has 1 saturated heterocycles. The highest BCUT2D eigenvalue weighted by Gasteiger charge is 2.28. The van der Waals surface area contributed by atoms with Crippen molar-refractivity contribution in [3.05, 3.63) is 41.1 Å². The standard InChI is InChI=1S/C19H25N3O/c1-13-16-8-4-5-9-18(16)21-14(2)17(13)11-19(23)22-10-6-7-15(22)12-20-3/h4-5,8-9,15,20H,6-7,10-12H2,1-3H3/t15-/m1/s1. The molecule has 1 amide bonds. The average Bonchev–Trinajstić information content (AvgIpc) is 3.00. The molecule has 4 nitrogen and oxygen atoms in total. The van der Waals surface area contributed by atoms with Crippen LogP contribution in [0.2, 0.25) is 0 Å². The fourth-order valence-electron chi connectivity index (χ4n) is 3.70. The quantitative estimate of drug-likeness (QED) is 0.944. The Bertz CT molecular complexity index is 726. The van der Waals surface area contributed by atoms with Crippen LogP contribution in [0.4, 0.5) is 0 Å². The van der Waals surface area contributed by atoms with E-state index in [1.807, 2.05) is 37.1 Å². The number of nitrogens with one attached hydrogen (secondary N) is 1. The van der Waals surface area contributed by atoms with Crippen molar-refractivity contribution in [1.82, 2.24) is 15.2 Å². The molecule has 23 heavy (non-hydrogen) atoms. The van der Waals surface area contributed by atoms with Gasteiger partial charge in [0.2, 0.25) is 5.91 Å². The summed E-state index contributed by atoms with van der Waals surface area (Å²) in [6.07, 6.45) is 2.66. The number of para-hydroxylation sites is 1. The van der Waals surface area contributed by atoms with Crippen LogP contribution in [0.3, 0.4) is 0 Å². The third kappa shape index (κ3) is 3.08. The largest absolute Gasteiger partial charge is 0.338 e. The van der Waals surface area contributed by atoms with E-state index in [0.29, 0.717) is 12.5 Å². The lowest BCUT2D eigenvalue weighted by atomic mass is 9.99. The highest BCUT2D eigenvalue weighted by molar-refractivity contribution is 5.86. The highest BCUT2D eigenvalue weighted by Crippen LogP contribution is 2.25. The Morgan fingerprint density at radius 3 is 2.91 bits per heavy atom. The lowest BCUT2D eigenvalue weighted by Crippen LogP contribution is -2.41. The van der Waals surface area contributed by atoms with Crippen molar-refractivity contribution in [2.24, 2.45) is 0 Å². The summed E-state index contributed by atoms with van der Waals surface area (Å²) in [7, 11) is 1.95. The minimum Gasteiger partial charge on any atom is -0.338 e. The molecule has 2 aromatic rings. The second-order valence-electron chi connectivity index (χ2n) is 6.44. The summed E-state index contributed by atoms with van der Waals surface area (Å²) in [6, 6.07) is 8.49. The van der Waals surface area contributed by atoms with E-state index in [9.17, 15) is 4.79 Å². The molecular formula is C19H25N3O. The molecule has 1 aliphatic heterocycles. The number of aryl methyl sites for hydroxylation is 2. The molecule has 0 saturated carbocycles. The van der Waals surface area contributed by atoms with E-state index in [2.05, 4.69) is 23.3 Å². The van der Waals surface area contributed by atoms with Gasteiger partial charge in [0.05, 0.1) is 11.9 Å². The summed E-state index contributed by atoms with van der Waals surface area (Å²) in [4.78, 5) is 19.5. The molecule has 1 aromatic heterocycles. The van der Waals surface area contributed by atoms with E-state index in [-0.39, 0.29) is 5.91 Å². The van der Waals surface area contributed by atoms with Crippen molar-refractivity contribution in [1.29, 1.82) is 0 Å². The van der Waals surface area contributed by atoms with Crippen LogP contribution in [-0.4, -0.2) is 42.0 Å². The Balaban J connectivity index is 1.88. The van der Waals surface area contributed by atoms with Crippen molar-refractivity contribution in [3.63, 3.8) is 0 Å². The molecule has 3 rings (SSSR count). The number of likely N-dealkylation sites (N-methyl/N-ethyl adjacent to an activating group) is 1. The van der Waals surface area contributed by atoms with Gasteiger partial charge in [-0.25, -0.2) is 0 Å². The van der Waals surface area contributed by atoms with Gasteiger partial charge in [0, 0.05) is 30.2 Å². The summed E-state index contributed by atoms with van der Waals surface area (Å²) >= 11 is 0. The first-order valence-electron chi connectivity index (χ1n) is 8.40. The molecule has 2 heterocycles. The van der Waals surface area contributed by atoms with Gasteiger partial charge in [0.15, 0.2) is 0 Å². The first kappa shape index (κ1) is 15.9. The van der Waals surface area contributed by atoms with Gasteiger partial charge < -0.3 is 10.2 Å². The molecule has 0 unspecified atom stereocenters. The van der Waals surface area contributed by atoms with Gasteiger partial charge in [-0.1, -0.05) is 18.2 Å². The summed E-state index contributed by atoms with van der Waals surface area (Å²) in [6.45, 7) is 5.87. The number of nitrogens with zero attached hydrogens (tertiary/aromatic N) is 2. The molecule has 1 aliphatic rings. The van der Waals surface area contributed by atoms with Crippen LogP contribution in [0.15, 0.2) is 24.3 Å². The Morgan fingerprint density at radius 2 is 2.13 bits per heavy atom. The number of aromatic nitrogens is 1. The van der Waals surface area contributed by atoms with Crippen LogP contribution in [-0.2, 0) is 11.2 Å². The van der Waals surface area contributed by atoms with Crippen LogP contribution >= 0.6 is 0 Å². The number of amides is 1. The number of hydrogen-bond donors (Lipinski definition) is 1. The van der Waals surface area contributed by atoms with Gasteiger partial charge in [0.1, 0.15) is 0 Å². The zero-order valence-electron chi connectivity index (χ0n) is 14.2. The molecule has 1 aromatic carbocycles. The van der Waals surface area contributed by atoms with E-state index in [0.717, 1.165) is 48.1 Å². The maximum absolute atomic E-state index is 12.8. The molecule has 1 atom stereocenters. The topological polar surface area (TPSA) is 45.2 Å². The van der Waals surface area contributed by atoms with E-state index in [4.69, 9.17) is 0 Å². The molecule has 1 N–H and O–H groups in total. The smallest absolute Gasteiger partial charge is 0.227 e. The van der Waals surface area contributed by atoms with Crippen LogP contribution in [0.25, 0.3) is 10.9 Å². The second-order valence-corrected chi connectivity index (χ2v) is 6.44. The van der Waals surface area contributed by atoms with E-state index in [1.54, 1.807) is 0 Å². The van der Waals surface area contributed by atoms with Crippen molar-refractivity contribution < 1.29 is 4.79 Å². The number of rotatable bonds is 4. The third-order valence-corrected chi connectivity index (χ3v) is 4.95. The minimum atomic E-state index is 0.228. The molecule has 0 radical (unpaired) electrons. The van der Waals surface area contributed by atoms with Crippen LogP contribution in [0, 0.1) is 13.8 Å². The number of benzene rings is 1. The summed E-state index contributed by atoms with van der Waals surface area (Å²) < 4.78 is 0. The van der Waals surface area contributed by atoms with E-state index >= 15 is 0 Å². The van der Waals surface area contributed by atoms with Crippen molar-refractivity contribution in [2.75, 3.05) is 20.1 Å². The van der Waals surface area contributed by atoms with Crippen molar-refractivity contribution in [3.8, 4) is 0 Å². The SMILES string of the molecule is CNC[C@H]1CCCN1C(=O)Cc1c(C)nc2ccccc2c1C. The van der Waals surface area contributed by atoms with Crippen molar-refractivity contribution in [2.45, 2.75) is 39.2 Å². The predicted octanol–water partition coefficient (Wildman–Crippen LogP) is 2.60. The summed E-state index contributed by atoms with van der Waals surface area (Å²) in [5.41, 5.74) is 4.25. The zero-order valence-corrected chi connectivity index (χ0v) is 14.2. The normalized spacial score (nSPS) is 17.9. The lowest BCUT2D eigenvalue weighted by Gasteiger charge is -2.25. The Hall–Kier alpha value is -1.94. The van der Waals surface area contributed by atoms with E-state index in [1.165, 1.54) is 5.56 Å². The number of carbonyl (C=O) groups is 1. The van der Waals surface area contributed by atoms with E-state index < -0.39 is 0 Å². The third-order valence-electron chi connectivity index (χ3n) is 4.95. The maximum atomic E-state index is 12.8. The molecule has 0 aliphatic carbocycles. The summed E-state index contributed by atoms with van der Waals surface area (Å²) in [5, 5.41) is 4.35. The number of hydrogen-bond acceptors (Lipinski definition) is 3. The Kier molecular flexibility index (Phi) is 4.62. The predicted molar refractivity (Wildman–Crippen MR) is 93.6 cm³/mol. The van der Waals surface area contributed by atoms with Gasteiger partial charge in [0.25, 0.3) is 0 Å². The number of carbonyl (C=O) groups excluding carboxylic acids is 1. The maximum Gasteiger partial charge on any atom is 0.227 e. The number of fused-ring (bicyclic) bond motifs is 1. The van der Waals surface area contributed by atoms with Crippen LogP contribution in [0.5, 0.6) is 0 Å². The fraction of sp³-hybridized carbons (Fsp3) is 0.474. The molecule has 0 spiro atoms. The molecule has 4 heteroatoms. The lowest BCUT2D eigenvalue weighted by molar-refractivity contribution is -0.131.